The van der Waals surface area contributed by atoms with Gasteiger partial charge in [-0.3, -0.25) is 0 Å². The molecule has 2 aromatic rings. The lowest BCUT2D eigenvalue weighted by atomic mass is 9.76. The van der Waals surface area contributed by atoms with Crippen LogP contribution in [-0.4, -0.2) is 10.7 Å². The number of benzene rings is 2. The Labute approximate surface area is 140 Å². The summed E-state index contributed by atoms with van der Waals surface area (Å²) in [7, 11) is 0. The molecule has 0 radical (unpaired) electrons. The maximum atomic E-state index is 11.5. The highest BCUT2D eigenvalue weighted by Crippen LogP contribution is 2.34. The van der Waals surface area contributed by atoms with Crippen molar-refractivity contribution in [3.8, 4) is 0 Å². The zero-order chi connectivity index (χ0) is 16.0. The zero-order valence-corrected chi connectivity index (χ0v) is 14.0. The van der Waals surface area contributed by atoms with E-state index in [1.807, 2.05) is 12.1 Å². The molecular formula is C22H28O. The molecule has 23 heavy (non-hydrogen) atoms. The summed E-state index contributed by atoms with van der Waals surface area (Å²) in [6, 6.07) is 20.9. The van der Waals surface area contributed by atoms with Crippen molar-refractivity contribution >= 4 is 0 Å². The van der Waals surface area contributed by atoms with Crippen molar-refractivity contribution in [2.75, 3.05) is 0 Å². The molecule has 0 bridgehead atoms. The van der Waals surface area contributed by atoms with Crippen LogP contribution in [0.2, 0.25) is 0 Å². The third-order valence-corrected chi connectivity index (χ3v) is 5.15. The summed E-state index contributed by atoms with van der Waals surface area (Å²) in [6.07, 6.45) is 9.02. The second-order valence-corrected chi connectivity index (χ2v) is 7.26. The number of aliphatic hydroxyl groups is 1. The van der Waals surface area contributed by atoms with Gasteiger partial charge in [-0.25, -0.2) is 0 Å². The Morgan fingerprint density at radius 1 is 0.739 bits per heavy atom. The molecule has 0 heterocycles. The standard InChI is InChI=1S/C22H28O/c23-22(16-19-10-4-1-5-11-19,17-20-12-6-2-7-13-20)18-21-14-8-3-9-15-21/h1-2,4-7,10-13,21,23H,3,8-9,14-18H2. The van der Waals surface area contributed by atoms with Gasteiger partial charge in [0, 0.05) is 12.8 Å². The van der Waals surface area contributed by atoms with Crippen LogP contribution in [0, 0.1) is 5.92 Å². The Balaban J connectivity index is 1.76. The summed E-state index contributed by atoms with van der Waals surface area (Å²) in [5, 5.41) is 11.5. The minimum atomic E-state index is -0.634. The van der Waals surface area contributed by atoms with Crippen LogP contribution in [0.25, 0.3) is 0 Å². The van der Waals surface area contributed by atoms with Gasteiger partial charge in [-0.05, 0) is 23.5 Å². The molecule has 1 aliphatic rings. The van der Waals surface area contributed by atoms with E-state index in [0.717, 1.165) is 19.3 Å². The van der Waals surface area contributed by atoms with Crippen molar-refractivity contribution < 1.29 is 5.11 Å². The van der Waals surface area contributed by atoms with Gasteiger partial charge in [0.15, 0.2) is 0 Å². The first-order valence-corrected chi connectivity index (χ1v) is 9.04. The summed E-state index contributed by atoms with van der Waals surface area (Å²) < 4.78 is 0. The second-order valence-electron chi connectivity index (χ2n) is 7.26. The fraction of sp³-hybridized carbons (Fsp3) is 0.455. The normalized spacial score (nSPS) is 16.4. The second kappa shape index (κ2) is 7.79. The highest BCUT2D eigenvalue weighted by Gasteiger charge is 2.31. The number of hydrogen-bond acceptors (Lipinski definition) is 1. The number of hydrogen-bond donors (Lipinski definition) is 1. The summed E-state index contributed by atoms with van der Waals surface area (Å²) in [5.74, 6) is 0.682. The molecule has 122 valence electrons. The Kier molecular flexibility index (Phi) is 5.51. The highest BCUT2D eigenvalue weighted by molar-refractivity contribution is 5.21. The van der Waals surface area contributed by atoms with Crippen LogP contribution in [0.15, 0.2) is 60.7 Å². The van der Waals surface area contributed by atoms with Gasteiger partial charge in [0.25, 0.3) is 0 Å². The van der Waals surface area contributed by atoms with Crippen LogP contribution < -0.4 is 0 Å². The third-order valence-electron chi connectivity index (χ3n) is 5.15. The smallest absolute Gasteiger partial charge is 0.0730 e. The van der Waals surface area contributed by atoms with Crippen molar-refractivity contribution in [2.24, 2.45) is 5.92 Å². The molecule has 1 nitrogen and oxygen atoms in total. The van der Waals surface area contributed by atoms with E-state index in [4.69, 9.17) is 0 Å². The monoisotopic (exact) mass is 308 g/mol. The largest absolute Gasteiger partial charge is 0.389 e. The van der Waals surface area contributed by atoms with E-state index in [2.05, 4.69) is 48.5 Å². The highest BCUT2D eigenvalue weighted by atomic mass is 16.3. The van der Waals surface area contributed by atoms with Crippen molar-refractivity contribution in [3.05, 3.63) is 71.8 Å². The molecule has 0 unspecified atom stereocenters. The predicted octanol–water partition coefficient (Wildman–Crippen LogP) is 5.17. The molecule has 2 aromatic carbocycles. The minimum Gasteiger partial charge on any atom is -0.389 e. The lowest BCUT2D eigenvalue weighted by Crippen LogP contribution is -2.37. The maximum Gasteiger partial charge on any atom is 0.0730 e. The molecule has 1 saturated carbocycles. The lowest BCUT2D eigenvalue weighted by molar-refractivity contribution is 0.0103. The summed E-state index contributed by atoms with van der Waals surface area (Å²) >= 11 is 0. The molecule has 0 aliphatic heterocycles. The maximum absolute atomic E-state index is 11.5. The Hall–Kier alpha value is -1.60. The Bertz CT molecular complexity index is 528. The van der Waals surface area contributed by atoms with Crippen LogP contribution in [0.5, 0.6) is 0 Å². The summed E-state index contributed by atoms with van der Waals surface area (Å²) in [5.41, 5.74) is 1.84. The SMILES string of the molecule is OC(Cc1ccccc1)(Cc1ccccc1)CC1CCCCC1. The molecule has 1 fully saturated rings. The first-order valence-electron chi connectivity index (χ1n) is 9.04. The van der Waals surface area contributed by atoms with E-state index in [1.54, 1.807) is 0 Å². The van der Waals surface area contributed by atoms with E-state index in [-0.39, 0.29) is 0 Å². The van der Waals surface area contributed by atoms with Crippen molar-refractivity contribution in [3.63, 3.8) is 0 Å². The first-order chi connectivity index (χ1) is 11.2. The first kappa shape index (κ1) is 16.3. The third kappa shape index (κ3) is 4.94. The van der Waals surface area contributed by atoms with Crippen LogP contribution in [0.4, 0.5) is 0 Å². The minimum absolute atomic E-state index is 0.634. The van der Waals surface area contributed by atoms with Gasteiger partial charge in [0.05, 0.1) is 5.60 Å². The van der Waals surface area contributed by atoms with Crippen molar-refractivity contribution in [1.29, 1.82) is 0 Å². The zero-order valence-electron chi connectivity index (χ0n) is 14.0. The van der Waals surface area contributed by atoms with Crippen LogP contribution in [0.3, 0.4) is 0 Å². The molecule has 0 atom stereocenters. The molecule has 1 aliphatic carbocycles. The summed E-state index contributed by atoms with van der Waals surface area (Å²) in [6.45, 7) is 0. The molecule has 0 saturated heterocycles. The fourth-order valence-electron chi connectivity index (χ4n) is 4.09. The van der Waals surface area contributed by atoms with Gasteiger partial charge in [-0.2, -0.15) is 0 Å². The molecular weight excluding hydrogens is 280 g/mol. The lowest BCUT2D eigenvalue weighted by Gasteiger charge is -2.34. The van der Waals surface area contributed by atoms with Gasteiger partial charge in [-0.1, -0.05) is 92.8 Å². The molecule has 0 spiro atoms. The van der Waals surface area contributed by atoms with E-state index >= 15 is 0 Å². The molecule has 1 heteroatoms. The van der Waals surface area contributed by atoms with Crippen molar-refractivity contribution in [1.82, 2.24) is 0 Å². The van der Waals surface area contributed by atoms with Crippen LogP contribution >= 0.6 is 0 Å². The van der Waals surface area contributed by atoms with Gasteiger partial charge in [-0.15, -0.1) is 0 Å². The van der Waals surface area contributed by atoms with Crippen LogP contribution in [0.1, 0.15) is 49.7 Å². The van der Waals surface area contributed by atoms with E-state index in [9.17, 15) is 5.11 Å². The molecule has 3 rings (SSSR count). The van der Waals surface area contributed by atoms with Gasteiger partial charge in [0.1, 0.15) is 0 Å². The number of rotatable bonds is 6. The quantitative estimate of drug-likeness (QED) is 0.780. The van der Waals surface area contributed by atoms with E-state index in [0.29, 0.717) is 5.92 Å². The molecule has 1 N–H and O–H groups in total. The van der Waals surface area contributed by atoms with Gasteiger partial charge in [0.2, 0.25) is 0 Å². The predicted molar refractivity (Wildman–Crippen MR) is 96.4 cm³/mol. The van der Waals surface area contributed by atoms with E-state index < -0.39 is 5.60 Å². The molecule has 0 aromatic heterocycles. The van der Waals surface area contributed by atoms with E-state index in [1.165, 1.54) is 43.2 Å². The van der Waals surface area contributed by atoms with Crippen molar-refractivity contribution in [2.45, 2.75) is 57.0 Å². The fourth-order valence-corrected chi connectivity index (χ4v) is 4.09. The average molecular weight is 308 g/mol. The summed E-state index contributed by atoms with van der Waals surface area (Å²) in [4.78, 5) is 0. The van der Waals surface area contributed by atoms with Crippen LogP contribution in [-0.2, 0) is 12.8 Å². The topological polar surface area (TPSA) is 20.2 Å². The average Bonchev–Trinajstić information content (AvgIpc) is 2.57. The Morgan fingerprint density at radius 3 is 1.70 bits per heavy atom. The van der Waals surface area contributed by atoms with Gasteiger partial charge < -0.3 is 5.11 Å². The Morgan fingerprint density at radius 2 is 1.22 bits per heavy atom. The van der Waals surface area contributed by atoms with Gasteiger partial charge >= 0.3 is 0 Å². The molecule has 0 amide bonds.